The molecule has 3 fully saturated rings. The summed E-state index contributed by atoms with van der Waals surface area (Å²) >= 11 is 0. The zero-order chi connectivity index (χ0) is 15.7. The first-order valence-electron chi connectivity index (χ1n) is 8.71. The van der Waals surface area contributed by atoms with Crippen LogP contribution in [0.15, 0.2) is 0 Å². The van der Waals surface area contributed by atoms with Crippen LogP contribution in [0, 0.1) is 17.8 Å². The molecule has 1 saturated heterocycles. The normalized spacial score (nSPS) is 39.1. The number of amides is 1. The molecule has 0 radical (unpaired) electrons. The van der Waals surface area contributed by atoms with E-state index in [4.69, 9.17) is 9.84 Å². The molecule has 2 aliphatic carbocycles. The van der Waals surface area contributed by atoms with E-state index in [9.17, 15) is 9.59 Å². The number of carboxylic acids is 1. The van der Waals surface area contributed by atoms with Crippen molar-refractivity contribution in [2.24, 2.45) is 17.8 Å². The minimum absolute atomic E-state index is 0.0964. The molecule has 22 heavy (non-hydrogen) atoms. The van der Waals surface area contributed by atoms with Crippen LogP contribution in [0.1, 0.15) is 51.9 Å². The highest BCUT2D eigenvalue weighted by Gasteiger charge is 2.39. The minimum atomic E-state index is -0.972. The fourth-order valence-corrected chi connectivity index (χ4v) is 4.62. The van der Waals surface area contributed by atoms with Crippen molar-refractivity contribution in [3.8, 4) is 0 Å². The zero-order valence-electron chi connectivity index (χ0n) is 13.4. The van der Waals surface area contributed by atoms with Crippen molar-refractivity contribution in [2.45, 2.75) is 64.1 Å². The summed E-state index contributed by atoms with van der Waals surface area (Å²) in [7, 11) is 0. The molecule has 1 heterocycles. The lowest BCUT2D eigenvalue weighted by molar-refractivity contribution is -0.168. The van der Waals surface area contributed by atoms with Gasteiger partial charge >= 0.3 is 5.97 Å². The number of carboxylic acid groups (broad SMARTS) is 1. The molecule has 5 nitrogen and oxygen atoms in total. The fraction of sp³-hybridized carbons (Fsp3) is 0.882. The maximum atomic E-state index is 12.8. The van der Waals surface area contributed by atoms with E-state index in [1.807, 2.05) is 6.92 Å². The van der Waals surface area contributed by atoms with Crippen LogP contribution in [0.5, 0.6) is 0 Å². The van der Waals surface area contributed by atoms with Crippen molar-refractivity contribution in [1.29, 1.82) is 0 Å². The molecule has 0 bridgehead atoms. The highest BCUT2D eigenvalue weighted by atomic mass is 16.5. The summed E-state index contributed by atoms with van der Waals surface area (Å²) in [6.07, 6.45) is 7.33. The Hall–Kier alpha value is -1.10. The summed E-state index contributed by atoms with van der Waals surface area (Å²) < 4.78 is 5.41. The maximum Gasteiger partial charge on any atom is 0.334 e. The van der Waals surface area contributed by atoms with E-state index >= 15 is 0 Å². The number of hydrogen-bond acceptors (Lipinski definition) is 3. The predicted octanol–water partition coefficient (Wildman–Crippen LogP) is 2.29. The third kappa shape index (κ3) is 3.29. The second-order valence-corrected chi connectivity index (χ2v) is 7.33. The average Bonchev–Trinajstić information content (AvgIpc) is 2.53. The van der Waals surface area contributed by atoms with Gasteiger partial charge in [-0.15, -0.1) is 0 Å². The van der Waals surface area contributed by atoms with Crippen LogP contribution in [0.25, 0.3) is 0 Å². The second-order valence-electron chi connectivity index (χ2n) is 7.33. The van der Waals surface area contributed by atoms with E-state index in [0.717, 1.165) is 18.8 Å². The summed E-state index contributed by atoms with van der Waals surface area (Å²) in [6.45, 7) is 2.56. The molecule has 5 atom stereocenters. The molecule has 1 aliphatic heterocycles. The van der Waals surface area contributed by atoms with E-state index in [1.54, 1.807) is 4.90 Å². The summed E-state index contributed by atoms with van der Waals surface area (Å²) in [6, 6.07) is 0. The molecule has 3 aliphatic rings. The Morgan fingerprint density at radius 3 is 2.50 bits per heavy atom. The summed E-state index contributed by atoms with van der Waals surface area (Å²) in [4.78, 5) is 25.7. The lowest BCUT2D eigenvalue weighted by Crippen LogP contribution is -2.53. The predicted molar refractivity (Wildman–Crippen MR) is 81.3 cm³/mol. The van der Waals surface area contributed by atoms with Crippen molar-refractivity contribution >= 4 is 11.9 Å². The molecule has 0 aromatic heterocycles. The molecule has 4 unspecified atom stereocenters. The number of rotatable bonds is 2. The van der Waals surface area contributed by atoms with E-state index in [-0.39, 0.29) is 24.5 Å². The van der Waals surface area contributed by atoms with Gasteiger partial charge in [0.2, 0.25) is 5.91 Å². The van der Waals surface area contributed by atoms with Crippen LogP contribution in [0.4, 0.5) is 0 Å². The Bertz CT molecular complexity index is 438. The fourth-order valence-electron chi connectivity index (χ4n) is 4.62. The smallest absolute Gasteiger partial charge is 0.334 e. The third-order valence-corrected chi connectivity index (χ3v) is 5.74. The van der Waals surface area contributed by atoms with Crippen molar-refractivity contribution in [1.82, 2.24) is 4.90 Å². The van der Waals surface area contributed by atoms with Crippen molar-refractivity contribution < 1.29 is 19.4 Å². The summed E-state index contributed by atoms with van der Waals surface area (Å²) in [5, 5.41) is 9.16. The molecule has 0 aromatic carbocycles. The Morgan fingerprint density at radius 1 is 1.05 bits per heavy atom. The number of carbonyl (C=O) groups excluding carboxylic acids is 1. The second kappa shape index (κ2) is 6.57. The van der Waals surface area contributed by atoms with E-state index in [1.165, 1.54) is 32.1 Å². The highest BCUT2D eigenvalue weighted by Crippen LogP contribution is 2.43. The van der Waals surface area contributed by atoms with E-state index < -0.39 is 12.1 Å². The zero-order valence-corrected chi connectivity index (χ0v) is 13.4. The van der Waals surface area contributed by atoms with Gasteiger partial charge in [0.05, 0.1) is 12.6 Å². The SMILES string of the molecule is C[C@@H]1CN(C(=O)C2CCC3CCCCC3C2)CC(C(=O)O)O1. The van der Waals surface area contributed by atoms with Crippen LogP contribution in [-0.4, -0.2) is 47.2 Å². The van der Waals surface area contributed by atoms with Crippen molar-refractivity contribution in [3.63, 3.8) is 0 Å². The third-order valence-electron chi connectivity index (χ3n) is 5.74. The van der Waals surface area contributed by atoms with Crippen molar-refractivity contribution in [2.75, 3.05) is 13.1 Å². The molecular formula is C17H27NO4. The minimum Gasteiger partial charge on any atom is -0.479 e. The number of nitrogens with zero attached hydrogens (tertiary/aromatic N) is 1. The summed E-state index contributed by atoms with van der Waals surface area (Å²) in [5.74, 6) is 0.822. The van der Waals surface area contributed by atoms with Gasteiger partial charge in [0.1, 0.15) is 0 Å². The first-order chi connectivity index (χ1) is 10.5. The number of hydrogen-bond donors (Lipinski definition) is 1. The average molecular weight is 309 g/mol. The quantitative estimate of drug-likeness (QED) is 0.850. The molecule has 1 N–H and O–H groups in total. The Labute approximate surface area is 132 Å². The van der Waals surface area contributed by atoms with Crippen LogP contribution < -0.4 is 0 Å². The van der Waals surface area contributed by atoms with Crippen LogP contribution in [0.2, 0.25) is 0 Å². The van der Waals surface area contributed by atoms with Gasteiger partial charge in [-0.1, -0.05) is 25.7 Å². The number of fused-ring (bicyclic) bond motifs is 1. The molecule has 1 amide bonds. The Balaban J connectivity index is 1.62. The Kier molecular flexibility index (Phi) is 4.71. The molecular weight excluding hydrogens is 282 g/mol. The van der Waals surface area contributed by atoms with Gasteiger partial charge in [0.15, 0.2) is 6.10 Å². The monoisotopic (exact) mass is 309 g/mol. The molecule has 0 aromatic rings. The molecule has 3 rings (SSSR count). The van der Waals surface area contributed by atoms with Gasteiger partial charge in [0, 0.05) is 12.5 Å². The van der Waals surface area contributed by atoms with Gasteiger partial charge in [-0.3, -0.25) is 4.79 Å². The number of morpholine rings is 1. The lowest BCUT2D eigenvalue weighted by atomic mass is 9.67. The number of carbonyl (C=O) groups is 2. The standard InChI is InChI=1S/C17H27NO4/c1-11-9-18(10-15(22-11)17(20)21)16(19)14-7-6-12-4-2-3-5-13(12)8-14/h11-15H,2-10H2,1H3,(H,20,21)/t11-,12?,13?,14?,15?/m1/s1. The Morgan fingerprint density at radius 2 is 1.77 bits per heavy atom. The van der Waals surface area contributed by atoms with Gasteiger partial charge in [0.25, 0.3) is 0 Å². The van der Waals surface area contributed by atoms with E-state index in [0.29, 0.717) is 12.5 Å². The largest absolute Gasteiger partial charge is 0.479 e. The first kappa shape index (κ1) is 15.8. The van der Waals surface area contributed by atoms with Gasteiger partial charge in [-0.05, 0) is 38.0 Å². The van der Waals surface area contributed by atoms with E-state index in [2.05, 4.69) is 0 Å². The summed E-state index contributed by atoms with van der Waals surface area (Å²) in [5.41, 5.74) is 0. The number of aliphatic carboxylic acids is 1. The van der Waals surface area contributed by atoms with Gasteiger partial charge in [-0.2, -0.15) is 0 Å². The molecule has 0 spiro atoms. The van der Waals surface area contributed by atoms with Gasteiger partial charge < -0.3 is 14.7 Å². The topological polar surface area (TPSA) is 66.8 Å². The maximum absolute atomic E-state index is 12.8. The molecule has 124 valence electrons. The molecule has 2 saturated carbocycles. The molecule has 5 heteroatoms. The number of ether oxygens (including phenoxy) is 1. The first-order valence-corrected chi connectivity index (χ1v) is 8.71. The van der Waals surface area contributed by atoms with Crippen LogP contribution in [0.3, 0.4) is 0 Å². The lowest BCUT2D eigenvalue weighted by Gasteiger charge is -2.42. The van der Waals surface area contributed by atoms with Crippen molar-refractivity contribution in [3.05, 3.63) is 0 Å². The highest BCUT2D eigenvalue weighted by molar-refractivity contribution is 5.80. The van der Waals surface area contributed by atoms with Crippen LogP contribution >= 0.6 is 0 Å². The van der Waals surface area contributed by atoms with Gasteiger partial charge in [-0.25, -0.2) is 4.79 Å². The van der Waals surface area contributed by atoms with Crippen LogP contribution in [-0.2, 0) is 14.3 Å².